The molecule has 0 aliphatic rings. The van der Waals surface area contributed by atoms with Crippen molar-refractivity contribution in [2.75, 3.05) is 0 Å². The van der Waals surface area contributed by atoms with E-state index in [0.29, 0.717) is 11.4 Å². The normalized spacial score (nSPS) is 12.9. The average Bonchev–Trinajstić information content (AvgIpc) is 2.91. The van der Waals surface area contributed by atoms with Gasteiger partial charge in [0.1, 0.15) is 17.7 Å². The third kappa shape index (κ3) is 3.91. The van der Waals surface area contributed by atoms with Crippen LogP contribution in [0, 0.1) is 5.82 Å². The molecule has 2 rings (SSSR count). The van der Waals surface area contributed by atoms with Crippen molar-refractivity contribution in [2.45, 2.75) is 13.0 Å². The van der Waals surface area contributed by atoms with Crippen molar-refractivity contribution >= 4 is 5.91 Å². The van der Waals surface area contributed by atoms with Crippen molar-refractivity contribution in [1.82, 2.24) is 14.9 Å². The highest BCUT2D eigenvalue weighted by atomic mass is 19.1. The van der Waals surface area contributed by atoms with Gasteiger partial charge in [-0.2, -0.15) is 0 Å². The number of hydrogen-bond donors (Lipinski definition) is 1. The van der Waals surface area contributed by atoms with Crippen LogP contribution in [0.4, 0.5) is 4.39 Å². The Morgan fingerprint density at radius 1 is 1.41 bits per heavy atom. The summed E-state index contributed by atoms with van der Waals surface area (Å²) >= 11 is 0. The Balaban J connectivity index is 2.31. The highest BCUT2D eigenvalue weighted by Gasteiger charge is 2.20. The Hall–Kier alpha value is -2.69. The summed E-state index contributed by atoms with van der Waals surface area (Å²) in [4.78, 5) is 16.3. The molecule has 22 heavy (non-hydrogen) atoms. The van der Waals surface area contributed by atoms with Crippen LogP contribution in [0.15, 0.2) is 61.0 Å². The lowest BCUT2D eigenvalue weighted by Gasteiger charge is -2.18. The van der Waals surface area contributed by atoms with Crippen molar-refractivity contribution in [1.29, 1.82) is 0 Å². The SMILES string of the molecule is C/C=C/C=C/C(=O)NC(c1cccc(F)c1)c1nccn1C. The molecule has 0 fully saturated rings. The molecule has 1 atom stereocenters. The second-order valence-electron chi connectivity index (χ2n) is 4.78. The van der Waals surface area contributed by atoms with Gasteiger partial charge in [0.15, 0.2) is 0 Å². The smallest absolute Gasteiger partial charge is 0.244 e. The van der Waals surface area contributed by atoms with Gasteiger partial charge in [0, 0.05) is 25.5 Å². The maximum atomic E-state index is 13.5. The first-order valence-electron chi connectivity index (χ1n) is 6.94. The van der Waals surface area contributed by atoms with Crippen LogP contribution in [0.25, 0.3) is 0 Å². The van der Waals surface area contributed by atoms with E-state index in [1.807, 2.05) is 20.0 Å². The summed E-state index contributed by atoms with van der Waals surface area (Å²) in [6, 6.07) is 5.63. The number of imidazole rings is 1. The molecular formula is C17H18FN3O. The molecule has 4 nitrogen and oxygen atoms in total. The minimum atomic E-state index is -0.515. The Bertz CT molecular complexity index is 703. The zero-order valence-corrected chi connectivity index (χ0v) is 12.5. The van der Waals surface area contributed by atoms with Gasteiger partial charge >= 0.3 is 0 Å². The van der Waals surface area contributed by atoms with Crippen LogP contribution < -0.4 is 5.32 Å². The monoisotopic (exact) mass is 299 g/mol. The molecule has 1 amide bonds. The topological polar surface area (TPSA) is 46.9 Å². The fraction of sp³-hybridized carbons (Fsp3) is 0.176. The van der Waals surface area contributed by atoms with Gasteiger partial charge in [0.2, 0.25) is 5.91 Å². The predicted octanol–water partition coefficient (Wildman–Crippen LogP) is 2.90. The fourth-order valence-corrected chi connectivity index (χ4v) is 2.08. The zero-order chi connectivity index (χ0) is 15.9. The Morgan fingerprint density at radius 2 is 2.23 bits per heavy atom. The summed E-state index contributed by atoms with van der Waals surface area (Å²) in [7, 11) is 1.83. The number of aryl methyl sites for hydroxylation is 1. The third-order valence-corrected chi connectivity index (χ3v) is 3.14. The van der Waals surface area contributed by atoms with Crippen molar-refractivity contribution in [3.8, 4) is 0 Å². The predicted molar refractivity (Wildman–Crippen MR) is 83.5 cm³/mol. The molecule has 0 radical (unpaired) electrons. The number of nitrogens with zero attached hydrogens (tertiary/aromatic N) is 2. The minimum Gasteiger partial charge on any atom is -0.339 e. The van der Waals surface area contributed by atoms with E-state index in [4.69, 9.17) is 0 Å². The van der Waals surface area contributed by atoms with Gasteiger partial charge in [-0.05, 0) is 24.6 Å². The lowest BCUT2D eigenvalue weighted by molar-refractivity contribution is -0.117. The van der Waals surface area contributed by atoms with Crippen LogP contribution in [0.2, 0.25) is 0 Å². The van der Waals surface area contributed by atoms with Gasteiger partial charge in [-0.1, -0.05) is 30.4 Å². The van der Waals surface area contributed by atoms with Crippen LogP contribution in [-0.2, 0) is 11.8 Å². The zero-order valence-electron chi connectivity index (χ0n) is 12.5. The first kappa shape index (κ1) is 15.7. The number of benzene rings is 1. The minimum absolute atomic E-state index is 0.268. The van der Waals surface area contributed by atoms with Crippen molar-refractivity contribution < 1.29 is 9.18 Å². The summed E-state index contributed by atoms with van der Waals surface area (Å²) in [5.74, 6) is 0.0177. The molecule has 0 spiro atoms. The maximum absolute atomic E-state index is 13.5. The van der Waals surface area contributed by atoms with Gasteiger partial charge in [0.05, 0.1) is 0 Å². The third-order valence-electron chi connectivity index (χ3n) is 3.14. The fourth-order valence-electron chi connectivity index (χ4n) is 2.08. The molecule has 0 bridgehead atoms. The summed E-state index contributed by atoms with van der Waals surface area (Å²) < 4.78 is 15.3. The molecule has 1 heterocycles. The van der Waals surface area contributed by atoms with E-state index in [-0.39, 0.29) is 11.7 Å². The summed E-state index contributed by atoms with van der Waals surface area (Å²) in [5.41, 5.74) is 0.641. The van der Waals surface area contributed by atoms with Crippen molar-refractivity contribution in [3.05, 3.63) is 78.2 Å². The standard InChI is InChI=1S/C17H18FN3O/c1-3-4-5-9-15(22)20-16(17-19-10-11-21(17)2)13-7-6-8-14(18)12-13/h3-12,16H,1-2H3,(H,20,22)/b4-3+,9-5+. The number of aromatic nitrogens is 2. The molecule has 114 valence electrons. The van der Waals surface area contributed by atoms with Crippen molar-refractivity contribution in [2.24, 2.45) is 7.05 Å². The number of carbonyl (C=O) groups excluding carboxylic acids is 1. The van der Waals surface area contributed by atoms with Crippen LogP contribution in [0.3, 0.4) is 0 Å². The Labute approximate surface area is 129 Å². The first-order chi connectivity index (χ1) is 10.6. The Morgan fingerprint density at radius 3 is 2.86 bits per heavy atom. The molecule has 0 saturated heterocycles. The molecule has 5 heteroatoms. The second-order valence-corrected chi connectivity index (χ2v) is 4.78. The second kappa shape index (κ2) is 7.36. The summed E-state index contributed by atoms with van der Waals surface area (Å²) in [5, 5.41) is 2.85. The van der Waals surface area contributed by atoms with E-state index in [1.165, 1.54) is 18.2 Å². The maximum Gasteiger partial charge on any atom is 0.244 e. The number of amides is 1. The molecule has 1 unspecified atom stereocenters. The first-order valence-corrected chi connectivity index (χ1v) is 6.94. The number of nitrogens with one attached hydrogen (secondary N) is 1. The number of carbonyl (C=O) groups is 1. The van der Waals surface area contributed by atoms with E-state index >= 15 is 0 Å². The highest BCUT2D eigenvalue weighted by molar-refractivity contribution is 5.88. The van der Waals surface area contributed by atoms with Gasteiger partial charge < -0.3 is 9.88 Å². The molecule has 1 aromatic heterocycles. The number of rotatable bonds is 5. The highest BCUT2D eigenvalue weighted by Crippen LogP contribution is 2.21. The quantitative estimate of drug-likeness (QED) is 0.681. The van der Waals surface area contributed by atoms with E-state index in [9.17, 15) is 9.18 Å². The van der Waals surface area contributed by atoms with Crippen LogP contribution in [0.1, 0.15) is 24.4 Å². The molecular weight excluding hydrogens is 281 g/mol. The van der Waals surface area contributed by atoms with E-state index in [1.54, 1.807) is 41.2 Å². The van der Waals surface area contributed by atoms with Crippen LogP contribution in [0.5, 0.6) is 0 Å². The average molecular weight is 299 g/mol. The van der Waals surface area contributed by atoms with E-state index in [0.717, 1.165) is 0 Å². The van der Waals surface area contributed by atoms with Crippen LogP contribution in [-0.4, -0.2) is 15.5 Å². The molecule has 1 aromatic carbocycles. The molecule has 0 saturated carbocycles. The van der Waals surface area contributed by atoms with E-state index in [2.05, 4.69) is 10.3 Å². The molecule has 1 N–H and O–H groups in total. The summed E-state index contributed by atoms with van der Waals surface area (Å²) in [6.45, 7) is 1.87. The lowest BCUT2D eigenvalue weighted by Crippen LogP contribution is -2.29. The molecule has 2 aromatic rings. The summed E-state index contributed by atoms with van der Waals surface area (Å²) in [6.07, 6.45) is 10.1. The molecule has 0 aliphatic heterocycles. The lowest BCUT2D eigenvalue weighted by atomic mass is 10.1. The molecule has 0 aliphatic carbocycles. The van der Waals surface area contributed by atoms with Gasteiger partial charge in [-0.25, -0.2) is 9.37 Å². The van der Waals surface area contributed by atoms with Crippen LogP contribution >= 0.6 is 0 Å². The van der Waals surface area contributed by atoms with Crippen molar-refractivity contribution in [3.63, 3.8) is 0 Å². The Kier molecular flexibility index (Phi) is 5.25. The van der Waals surface area contributed by atoms with Gasteiger partial charge in [-0.15, -0.1) is 0 Å². The number of allylic oxidation sites excluding steroid dienone is 3. The van der Waals surface area contributed by atoms with Gasteiger partial charge in [-0.3, -0.25) is 4.79 Å². The number of halogens is 1. The van der Waals surface area contributed by atoms with E-state index < -0.39 is 6.04 Å². The van der Waals surface area contributed by atoms with Gasteiger partial charge in [0.25, 0.3) is 0 Å². The number of hydrogen-bond acceptors (Lipinski definition) is 2. The largest absolute Gasteiger partial charge is 0.339 e.